The third-order valence-corrected chi connectivity index (χ3v) is 5.27. The van der Waals surface area contributed by atoms with Crippen LogP contribution in [0.15, 0.2) is 65.2 Å². The highest BCUT2D eigenvalue weighted by atomic mass is 16.5. The standard InChI is InChI=1S/C23H20N4O4/c1-24-22(29)18-11-15(8-9-25-18)30-14-6-7-17-20(12-14)31-23(26-17)27-21-16-5-3-2-4-13(16)10-19(21)28/h2-9,11-12,19,21,28H,10H2,1H3,(H,24,29)(H,26,27). The molecule has 8 nitrogen and oxygen atoms in total. The van der Waals surface area contributed by atoms with E-state index in [4.69, 9.17) is 9.15 Å². The number of hydrogen-bond donors (Lipinski definition) is 3. The minimum Gasteiger partial charge on any atom is -0.457 e. The SMILES string of the molecule is CNC(=O)c1cc(Oc2ccc3nc(NC4c5ccccc5CC4O)oc3c2)ccn1. The molecule has 2 atom stereocenters. The van der Waals surface area contributed by atoms with Crippen molar-refractivity contribution in [2.45, 2.75) is 18.6 Å². The van der Waals surface area contributed by atoms with Crippen LogP contribution in [-0.4, -0.2) is 34.1 Å². The fourth-order valence-corrected chi connectivity index (χ4v) is 3.77. The number of ether oxygens (including phenoxy) is 1. The summed E-state index contributed by atoms with van der Waals surface area (Å²) in [5.74, 6) is 0.731. The lowest BCUT2D eigenvalue weighted by Crippen LogP contribution is -2.21. The van der Waals surface area contributed by atoms with E-state index in [0.29, 0.717) is 35.0 Å². The van der Waals surface area contributed by atoms with Crippen LogP contribution in [0.2, 0.25) is 0 Å². The molecule has 3 N–H and O–H groups in total. The molecule has 5 rings (SSSR count). The number of oxazole rings is 1. The van der Waals surface area contributed by atoms with E-state index in [2.05, 4.69) is 20.6 Å². The number of aliphatic hydroxyl groups excluding tert-OH is 1. The minimum absolute atomic E-state index is 0.266. The number of amides is 1. The first-order chi connectivity index (χ1) is 15.1. The van der Waals surface area contributed by atoms with Crippen LogP contribution in [0.1, 0.15) is 27.7 Å². The van der Waals surface area contributed by atoms with Crippen molar-refractivity contribution >= 4 is 23.0 Å². The zero-order valence-corrected chi connectivity index (χ0v) is 16.7. The molecule has 2 aromatic heterocycles. The largest absolute Gasteiger partial charge is 0.457 e. The van der Waals surface area contributed by atoms with E-state index in [-0.39, 0.29) is 17.6 Å². The smallest absolute Gasteiger partial charge is 0.296 e. The Labute approximate surface area is 177 Å². The van der Waals surface area contributed by atoms with Crippen molar-refractivity contribution in [2.75, 3.05) is 12.4 Å². The molecule has 156 valence electrons. The Hall–Kier alpha value is -3.91. The summed E-state index contributed by atoms with van der Waals surface area (Å²) in [7, 11) is 1.55. The van der Waals surface area contributed by atoms with Crippen LogP contribution < -0.4 is 15.4 Å². The van der Waals surface area contributed by atoms with Gasteiger partial charge in [0.05, 0.1) is 12.1 Å². The average molecular weight is 416 g/mol. The maximum absolute atomic E-state index is 11.8. The summed E-state index contributed by atoms with van der Waals surface area (Å²) < 4.78 is 11.7. The molecule has 0 saturated carbocycles. The number of carbonyl (C=O) groups excluding carboxylic acids is 1. The van der Waals surface area contributed by atoms with Gasteiger partial charge in [-0.3, -0.25) is 9.78 Å². The predicted molar refractivity (Wildman–Crippen MR) is 114 cm³/mol. The maximum atomic E-state index is 11.8. The molecular weight excluding hydrogens is 396 g/mol. The van der Waals surface area contributed by atoms with Crippen LogP contribution in [0, 0.1) is 0 Å². The summed E-state index contributed by atoms with van der Waals surface area (Å²) in [6, 6.07) is 16.5. The van der Waals surface area contributed by atoms with Gasteiger partial charge in [-0.1, -0.05) is 24.3 Å². The molecule has 4 aromatic rings. The van der Waals surface area contributed by atoms with Crippen LogP contribution in [0.4, 0.5) is 6.01 Å². The van der Waals surface area contributed by atoms with Crippen molar-refractivity contribution in [1.82, 2.24) is 15.3 Å². The maximum Gasteiger partial charge on any atom is 0.296 e. The minimum atomic E-state index is -0.549. The number of nitrogens with one attached hydrogen (secondary N) is 2. The molecule has 1 amide bonds. The first-order valence-corrected chi connectivity index (χ1v) is 9.90. The molecule has 2 heterocycles. The van der Waals surface area contributed by atoms with E-state index < -0.39 is 6.10 Å². The summed E-state index contributed by atoms with van der Waals surface area (Å²) in [4.78, 5) is 20.3. The molecule has 0 saturated heterocycles. The fourth-order valence-electron chi connectivity index (χ4n) is 3.77. The zero-order valence-electron chi connectivity index (χ0n) is 16.7. The summed E-state index contributed by atoms with van der Waals surface area (Å²) in [5.41, 5.74) is 3.64. The number of aromatic nitrogens is 2. The fraction of sp³-hybridized carbons (Fsp3) is 0.174. The summed E-state index contributed by atoms with van der Waals surface area (Å²) in [5, 5.41) is 16.2. The lowest BCUT2D eigenvalue weighted by Gasteiger charge is -2.16. The summed E-state index contributed by atoms with van der Waals surface area (Å²) in [6.07, 6.45) is 1.56. The molecule has 2 unspecified atom stereocenters. The Balaban J connectivity index is 1.37. The van der Waals surface area contributed by atoms with Gasteiger partial charge in [-0.2, -0.15) is 4.98 Å². The molecular formula is C23H20N4O4. The van der Waals surface area contributed by atoms with Crippen LogP contribution in [0.5, 0.6) is 11.5 Å². The number of nitrogens with zero attached hydrogens (tertiary/aromatic N) is 2. The number of pyridine rings is 1. The van der Waals surface area contributed by atoms with Crippen molar-refractivity contribution < 1.29 is 19.1 Å². The first-order valence-electron chi connectivity index (χ1n) is 9.90. The highest BCUT2D eigenvalue weighted by Gasteiger charge is 2.31. The highest BCUT2D eigenvalue weighted by Crippen LogP contribution is 2.35. The Morgan fingerprint density at radius 3 is 2.87 bits per heavy atom. The number of rotatable bonds is 5. The second kappa shape index (κ2) is 7.73. The number of hydrogen-bond acceptors (Lipinski definition) is 7. The predicted octanol–water partition coefficient (Wildman–Crippen LogP) is 3.44. The Bertz CT molecular complexity index is 1270. The van der Waals surface area contributed by atoms with Gasteiger partial charge >= 0.3 is 0 Å². The molecule has 0 spiro atoms. The summed E-state index contributed by atoms with van der Waals surface area (Å²) >= 11 is 0. The summed E-state index contributed by atoms with van der Waals surface area (Å²) in [6.45, 7) is 0. The van der Waals surface area contributed by atoms with Crippen LogP contribution in [0.3, 0.4) is 0 Å². The van der Waals surface area contributed by atoms with E-state index in [1.54, 1.807) is 37.4 Å². The number of anilines is 1. The van der Waals surface area contributed by atoms with Gasteiger partial charge in [0.2, 0.25) is 0 Å². The quantitative estimate of drug-likeness (QED) is 0.457. The van der Waals surface area contributed by atoms with Crippen molar-refractivity contribution in [2.24, 2.45) is 0 Å². The van der Waals surface area contributed by atoms with E-state index in [9.17, 15) is 9.90 Å². The molecule has 2 aromatic carbocycles. The second-order valence-electron chi connectivity index (χ2n) is 7.30. The van der Waals surface area contributed by atoms with Gasteiger partial charge in [0.25, 0.3) is 11.9 Å². The molecule has 8 heteroatoms. The van der Waals surface area contributed by atoms with Gasteiger partial charge in [-0.15, -0.1) is 0 Å². The van der Waals surface area contributed by atoms with E-state index in [1.807, 2.05) is 24.3 Å². The molecule has 31 heavy (non-hydrogen) atoms. The molecule has 1 aliphatic carbocycles. The molecule has 0 aliphatic heterocycles. The Morgan fingerprint density at radius 2 is 2.00 bits per heavy atom. The second-order valence-corrected chi connectivity index (χ2v) is 7.30. The number of benzene rings is 2. The van der Waals surface area contributed by atoms with Gasteiger partial charge in [0.1, 0.15) is 22.7 Å². The van der Waals surface area contributed by atoms with Gasteiger partial charge in [-0.25, -0.2) is 0 Å². The topological polar surface area (TPSA) is 110 Å². The monoisotopic (exact) mass is 416 g/mol. The Kier molecular flexibility index (Phi) is 4.76. The van der Waals surface area contributed by atoms with E-state index >= 15 is 0 Å². The Morgan fingerprint density at radius 1 is 1.16 bits per heavy atom. The first kappa shape index (κ1) is 19.1. The van der Waals surface area contributed by atoms with E-state index in [0.717, 1.165) is 11.1 Å². The van der Waals surface area contributed by atoms with Gasteiger partial charge in [0, 0.05) is 31.8 Å². The van der Waals surface area contributed by atoms with Crippen LogP contribution in [-0.2, 0) is 6.42 Å². The number of carbonyl (C=O) groups is 1. The molecule has 0 bridgehead atoms. The lowest BCUT2D eigenvalue weighted by molar-refractivity contribution is 0.0958. The average Bonchev–Trinajstić information content (AvgIpc) is 3.33. The van der Waals surface area contributed by atoms with Crippen molar-refractivity contribution in [3.05, 3.63) is 77.6 Å². The van der Waals surface area contributed by atoms with E-state index in [1.165, 1.54) is 6.20 Å². The highest BCUT2D eigenvalue weighted by molar-refractivity contribution is 5.92. The molecule has 0 radical (unpaired) electrons. The van der Waals surface area contributed by atoms with Gasteiger partial charge in [-0.05, 0) is 29.3 Å². The molecule has 1 aliphatic rings. The van der Waals surface area contributed by atoms with Crippen molar-refractivity contribution in [1.29, 1.82) is 0 Å². The lowest BCUT2D eigenvalue weighted by atomic mass is 10.1. The van der Waals surface area contributed by atoms with Gasteiger partial charge in [0.15, 0.2) is 5.58 Å². The normalized spacial score (nSPS) is 17.4. The van der Waals surface area contributed by atoms with Crippen LogP contribution >= 0.6 is 0 Å². The van der Waals surface area contributed by atoms with Crippen molar-refractivity contribution in [3.8, 4) is 11.5 Å². The van der Waals surface area contributed by atoms with Crippen molar-refractivity contribution in [3.63, 3.8) is 0 Å². The zero-order chi connectivity index (χ0) is 21.4. The molecule has 0 fully saturated rings. The van der Waals surface area contributed by atoms with Crippen LogP contribution in [0.25, 0.3) is 11.1 Å². The number of aliphatic hydroxyl groups is 1. The number of fused-ring (bicyclic) bond motifs is 2. The van der Waals surface area contributed by atoms with Gasteiger partial charge < -0.3 is 24.9 Å². The third-order valence-electron chi connectivity index (χ3n) is 5.27. The third kappa shape index (κ3) is 3.69.